The van der Waals surface area contributed by atoms with Crippen LogP contribution in [0.2, 0.25) is 0 Å². The largest absolute Gasteiger partial charge is 0.478 e. The number of para-hydroxylation sites is 3. The number of hydrogen-bond acceptors (Lipinski definition) is 4. The van der Waals surface area contributed by atoms with Crippen molar-refractivity contribution in [2.45, 2.75) is 12.5 Å². The van der Waals surface area contributed by atoms with E-state index >= 15 is 0 Å². The highest BCUT2D eigenvalue weighted by Crippen LogP contribution is 2.30. The molecule has 0 aliphatic carbocycles. The van der Waals surface area contributed by atoms with Crippen LogP contribution in [0.15, 0.2) is 83.3 Å². The minimum absolute atomic E-state index is 0.0779. The maximum absolute atomic E-state index is 12.4. The fourth-order valence-electron chi connectivity index (χ4n) is 3.45. The maximum Gasteiger partial charge on any atom is 0.266 e. The molecule has 6 heteroatoms. The van der Waals surface area contributed by atoms with Crippen molar-refractivity contribution in [3.05, 3.63) is 78.9 Å². The Balaban J connectivity index is 1.25. The third kappa shape index (κ3) is 3.51. The van der Waals surface area contributed by atoms with Crippen molar-refractivity contribution >= 4 is 34.2 Å². The number of carbonyl (C=O) groups is 2. The Kier molecular flexibility index (Phi) is 4.44. The van der Waals surface area contributed by atoms with E-state index in [1.807, 2.05) is 54.6 Å². The number of carbonyl (C=O) groups excluding carboxylic acids is 2. The Hall–Kier alpha value is -4.06. The lowest BCUT2D eigenvalue weighted by molar-refractivity contribution is -0.128. The topological polar surface area (TPSA) is 80.6 Å². The molecule has 1 atom stereocenters. The predicted octanol–water partition coefficient (Wildman–Crippen LogP) is 4.83. The first kappa shape index (κ1) is 18.0. The fourth-order valence-corrected chi connectivity index (χ4v) is 3.45. The molecule has 2 heterocycles. The van der Waals surface area contributed by atoms with Gasteiger partial charge in [-0.15, -0.1) is 0 Å². The summed E-state index contributed by atoms with van der Waals surface area (Å²) in [6.45, 7) is 0. The van der Waals surface area contributed by atoms with Gasteiger partial charge in [0.2, 0.25) is 5.91 Å². The molecule has 148 valence electrons. The average molecular weight is 398 g/mol. The van der Waals surface area contributed by atoms with E-state index in [2.05, 4.69) is 10.6 Å². The molecule has 5 rings (SSSR count). The average Bonchev–Trinajstić information content (AvgIpc) is 3.19. The molecule has 1 unspecified atom stereocenters. The highest BCUT2D eigenvalue weighted by atomic mass is 16.5. The molecule has 6 nitrogen and oxygen atoms in total. The molecule has 30 heavy (non-hydrogen) atoms. The molecule has 4 aromatic rings. The number of fused-ring (bicyclic) bond motifs is 2. The molecule has 0 saturated carbocycles. The number of benzene rings is 3. The molecule has 2 amide bonds. The monoisotopic (exact) mass is 398 g/mol. The molecule has 0 bridgehead atoms. The Morgan fingerprint density at radius 1 is 0.967 bits per heavy atom. The van der Waals surface area contributed by atoms with Crippen LogP contribution < -0.4 is 15.4 Å². The van der Waals surface area contributed by atoms with Crippen LogP contribution in [-0.4, -0.2) is 17.9 Å². The van der Waals surface area contributed by atoms with Crippen molar-refractivity contribution in [1.82, 2.24) is 0 Å². The summed E-state index contributed by atoms with van der Waals surface area (Å²) in [5.74, 6) is 0.695. The zero-order valence-corrected chi connectivity index (χ0v) is 15.9. The predicted molar refractivity (Wildman–Crippen MR) is 114 cm³/mol. The van der Waals surface area contributed by atoms with Gasteiger partial charge in [0.15, 0.2) is 6.10 Å². The van der Waals surface area contributed by atoms with E-state index in [9.17, 15) is 9.59 Å². The summed E-state index contributed by atoms with van der Waals surface area (Å²) < 4.78 is 11.5. The number of anilines is 2. The van der Waals surface area contributed by atoms with Gasteiger partial charge in [0, 0.05) is 16.6 Å². The number of rotatable bonds is 4. The third-order valence-electron chi connectivity index (χ3n) is 4.96. The van der Waals surface area contributed by atoms with Crippen molar-refractivity contribution in [2.75, 3.05) is 10.6 Å². The number of hydrogen-bond donors (Lipinski definition) is 2. The second-order valence-corrected chi connectivity index (χ2v) is 7.07. The molecular weight excluding hydrogens is 380 g/mol. The summed E-state index contributed by atoms with van der Waals surface area (Å²) in [5.41, 5.74) is 2.99. The van der Waals surface area contributed by atoms with E-state index in [0.29, 0.717) is 17.1 Å². The van der Waals surface area contributed by atoms with Crippen molar-refractivity contribution in [3.63, 3.8) is 0 Å². The second-order valence-electron chi connectivity index (χ2n) is 7.07. The third-order valence-corrected chi connectivity index (χ3v) is 4.96. The zero-order chi connectivity index (χ0) is 20.5. The van der Waals surface area contributed by atoms with E-state index in [-0.39, 0.29) is 18.2 Å². The van der Waals surface area contributed by atoms with Gasteiger partial charge in [-0.25, -0.2) is 0 Å². The van der Waals surface area contributed by atoms with Gasteiger partial charge < -0.3 is 19.8 Å². The zero-order valence-electron chi connectivity index (χ0n) is 15.9. The van der Waals surface area contributed by atoms with Crippen LogP contribution in [0.1, 0.15) is 6.42 Å². The van der Waals surface area contributed by atoms with Crippen molar-refractivity contribution < 1.29 is 18.7 Å². The summed E-state index contributed by atoms with van der Waals surface area (Å²) >= 11 is 0. The summed E-state index contributed by atoms with van der Waals surface area (Å²) in [6, 6.07) is 24.3. The van der Waals surface area contributed by atoms with E-state index in [0.717, 1.165) is 22.3 Å². The molecule has 0 fully saturated rings. The Morgan fingerprint density at radius 3 is 2.57 bits per heavy atom. The molecule has 2 N–H and O–H groups in total. The first-order valence-corrected chi connectivity index (χ1v) is 9.61. The van der Waals surface area contributed by atoms with Crippen LogP contribution in [0.3, 0.4) is 0 Å². The second kappa shape index (κ2) is 7.40. The highest BCUT2D eigenvalue weighted by molar-refractivity contribution is 6.02. The van der Waals surface area contributed by atoms with Gasteiger partial charge in [0.25, 0.3) is 5.91 Å². The first-order valence-electron chi connectivity index (χ1n) is 9.61. The van der Waals surface area contributed by atoms with Crippen LogP contribution in [-0.2, 0) is 9.59 Å². The first-order chi connectivity index (χ1) is 14.7. The summed E-state index contributed by atoms with van der Waals surface area (Å²) in [6.07, 6.45) is -0.944. The maximum atomic E-state index is 12.4. The molecule has 0 radical (unpaired) electrons. The smallest absolute Gasteiger partial charge is 0.266 e. The van der Waals surface area contributed by atoms with Crippen LogP contribution >= 0.6 is 0 Å². The van der Waals surface area contributed by atoms with Crippen molar-refractivity contribution in [3.8, 4) is 17.1 Å². The number of amides is 2. The summed E-state index contributed by atoms with van der Waals surface area (Å²) in [4.78, 5) is 24.6. The Morgan fingerprint density at radius 2 is 1.73 bits per heavy atom. The summed E-state index contributed by atoms with van der Waals surface area (Å²) in [7, 11) is 0. The minimum atomic E-state index is -0.866. The van der Waals surface area contributed by atoms with Gasteiger partial charge in [-0.2, -0.15) is 0 Å². The normalized spacial score (nSPS) is 15.2. The van der Waals surface area contributed by atoms with Gasteiger partial charge in [0.05, 0.1) is 12.1 Å². The van der Waals surface area contributed by atoms with Crippen molar-refractivity contribution in [1.29, 1.82) is 0 Å². The minimum Gasteiger partial charge on any atom is -0.478 e. The summed E-state index contributed by atoms with van der Waals surface area (Å²) in [5, 5.41) is 6.61. The van der Waals surface area contributed by atoms with Gasteiger partial charge in [-0.3, -0.25) is 9.59 Å². The van der Waals surface area contributed by atoms with Gasteiger partial charge >= 0.3 is 0 Å². The number of nitrogens with one attached hydrogen (secondary N) is 2. The highest BCUT2D eigenvalue weighted by Gasteiger charge is 2.29. The van der Waals surface area contributed by atoms with E-state index in [1.165, 1.54) is 0 Å². The Bertz CT molecular complexity index is 1210. The lowest BCUT2D eigenvalue weighted by Gasteiger charge is -2.25. The molecule has 0 saturated heterocycles. The number of furan rings is 1. The quantitative estimate of drug-likeness (QED) is 0.516. The van der Waals surface area contributed by atoms with Gasteiger partial charge in [0.1, 0.15) is 17.1 Å². The number of ether oxygens (including phenoxy) is 1. The van der Waals surface area contributed by atoms with E-state index in [4.69, 9.17) is 9.15 Å². The lowest BCUT2D eigenvalue weighted by Crippen LogP contribution is -2.39. The standard InChI is InChI=1S/C24H18N2O4/c27-23(14-22-24(28)26-18-6-2-4-8-20(18)30-22)25-17-11-9-15(10-12-17)21-13-16-5-1-3-7-19(16)29-21/h1-13,22H,14H2,(H,25,27)(H,26,28). The molecule has 1 aliphatic rings. The van der Waals surface area contributed by atoms with Crippen LogP contribution in [0, 0.1) is 0 Å². The van der Waals surface area contributed by atoms with E-state index < -0.39 is 6.10 Å². The molecular formula is C24H18N2O4. The van der Waals surface area contributed by atoms with Gasteiger partial charge in [-0.05, 0) is 48.5 Å². The fraction of sp³-hybridized carbons (Fsp3) is 0.0833. The lowest BCUT2D eigenvalue weighted by atomic mass is 10.1. The van der Waals surface area contributed by atoms with Crippen LogP contribution in [0.4, 0.5) is 11.4 Å². The molecule has 1 aromatic heterocycles. The Labute approximate surface area is 172 Å². The van der Waals surface area contributed by atoms with Crippen LogP contribution in [0.25, 0.3) is 22.3 Å². The van der Waals surface area contributed by atoms with E-state index in [1.54, 1.807) is 24.3 Å². The van der Waals surface area contributed by atoms with Crippen LogP contribution in [0.5, 0.6) is 5.75 Å². The molecule has 0 spiro atoms. The SMILES string of the molecule is O=C(CC1Oc2ccccc2NC1=O)Nc1ccc(-c2cc3ccccc3o2)cc1. The molecule has 3 aromatic carbocycles. The van der Waals surface area contributed by atoms with Crippen molar-refractivity contribution in [2.24, 2.45) is 0 Å². The molecule has 1 aliphatic heterocycles. The van der Waals surface area contributed by atoms with Gasteiger partial charge in [-0.1, -0.05) is 30.3 Å².